The lowest BCUT2D eigenvalue weighted by molar-refractivity contribution is 0.0976. The summed E-state index contributed by atoms with van der Waals surface area (Å²) in [5.74, 6) is 0.462. The van der Waals surface area contributed by atoms with Crippen LogP contribution in [-0.4, -0.2) is 24.2 Å². The molecule has 0 unspecified atom stereocenters. The molecule has 0 fully saturated rings. The van der Waals surface area contributed by atoms with Crippen LogP contribution in [0.1, 0.15) is 49.4 Å². The van der Waals surface area contributed by atoms with Crippen LogP contribution in [-0.2, 0) is 0 Å². The fourth-order valence-corrected chi connectivity index (χ4v) is 2.78. The molecule has 0 radical (unpaired) electrons. The lowest BCUT2D eigenvalue weighted by atomic mass is 9.97. The Bertz CT molecular complexity index is 584. The Kier molecular flexibility index (Phi) is 7.07. The number of amides is 1. The van der Waals surface area contributed by atoms with Crippen LogP contribution in [0.3, 0.4) is 0 Å². The van der Waals surface area contributed by atoms with Crippen molar-refractivity contribution in [2.75, 3.05) is 13.2 Å². The second-order valence-electron chi connectivity index (χ2n) is 5.53. The Labute approximate surface area is 143 Å². The van der Waals surface area contributed by atoms with Crippen LogP contribution < -0.4 is 15.4 Å². The van der Waals surface area contributed by atoms with E-state index in [0.29, 0.717) is 23.0 Å². The number of carbonyl (C=O) groups excluding carboxylic acids is 1. The number of benzene rings is 1. The van der Waals surface area contributed by atoms with Crippen LogP contribution in [0.2, 0.25) is 0 Å². The summed E-state index contributed by atoms with van der Waals surface area (Å²) < 4.78 is 5.40. The predicted molar refractivity (Wildman–Crippen MR) is 96.8 cm³/mol. The third-order valence-corrected chi connectivity index (χ3v) is 4.00. The topological polar surface area (TPSA) is 50.4 Å². The highest BCUT2D eigenvalue weighted by atomic mass is 32.1. The maximum absolute atomic E-state index is 12.2. The van der Waals surface area contributed by atoms with Crippen molar-refractivity contribution in [3.63, 3.8) is 0 Å². The van der Waals surface area contributed by atoms with E-state index in [0.717, 1.165) is 13.0 Å². The SMILES string of the molecule is CCOc1cccc(C(=O)NC(=S)NCCC2=CCCCC2)c1. The minimum absolute atomic E-state index is 0.221. The van der Waals surface area contributed by atoms with Crippen molar-refractivity contribution in [2.24, 2.45) is 0 Å². The summed E-state index contributed by atoms with van der Waals surface area (Å²) in [6, 6.07) is 7.09. The highest BCUT2D eigenvalue weighted by molar-refractivity contribution is 7.80. The smallest absolute Gasteiger partial charge is 0.257 e. The first kappa shape index (κ1) is 17.5. The van der Waals surface area contributed by atoms with Crippen LogP contribution in [0.25, 0.3) is 0 Å². The molecule has 1 amide bonds. The summed E-state index contributed by atoms with van der Waals surface area (Å²) in [7, 11) is 0. The molecule has 2 N–H and O–H groups in total. The van der Waals surface area contributed by atoms with Gasteiger partial charge in [0.15, 0.2) is 5.11 Å². The molecule has 0 spiro atoms. The number of nitrogens with one attached hydrogen (secondary N) is 2. The first-order valence-electron chi connectivity index (χ1n) is 8.19. The van der Waals surface area contributed by atoms with Crippen molar-refractivity contribution in [1.29, 1.82) is 0 Å². The maximum atomic E-state index is 12.2. The number of thiocarbonyl (C=S) groups is 1. The summed E-state index contributed by atoms with van der Waals surface area (Å²) >= 11 is 5.19. The van der Waals surface area contributed by atoms with Crippen LogP contribution in [0.5, 0.6) is 5.75 Å². The van der Waals surface area contributed by atoms with Gasteiger partial charge in [-0.2, -0.15) is 0 Å². The van der Waals surface area contributed by atoms with Gasteiger partial charge in [0.05, 0.1) is 6.61 Å². The second kappa shape index (κ2) is 9.30. The molecule has 0 aliphatic heterocycles. The minimum atomic E-state index is -0.221. The summed E-state index contributed by atoms with van der Waals surface area (Å²) in [5, 5.41) is 6.18. The molecule has 0 heterocycles. The van der Waals surface area contributed by atoms with Gasteiger partial charge in [0.2, 0.25) is 0 Å². The van der Waals surface area contributed by atoms with Crippen molar-refractivity contribution >= 4 is 23.2 Å². The van der Waals surface area contributed by atoms with E-state index in [1.807, 2.05) is 13.0 Å². The van der Waals surface area contributed by atoms with Crippen LogP contribution in [0.15, 0.2) is 35.9 Å². The zero-order chi connectivity index (χ0) is 16.5. The molecule has 4 nitrogen and oxygen atoms in total. The molecule has 2 rings (SSSR count). The fourth-order valence-electron chi connectivity index (χ4n) is 2.58. The van der Waals surface area contributed by atoms with Gasteiger partial charge in [-0.1, -0.05) is 17.7 Å². The Hall–Kier alpha value is -1.88. The quantitative estimate of drug-likeness (QED) is 0.617. The maximum Gasteiger partial charge on any atom is 0.257 e. The van der Waals surface area contributed by atoms with Crippen molar-refractivity contribution in [3.8, 4) is 5.75 Å². The number of rotatable bonds is 6. The molecule has 0 saturated heterocycles. The standard InChI is InChI=1S/C18H24N2O2S/c1-2-22-16-10-6-9-15(13-16)17(21)20-18(23)19-12-11-14-7-4-3-5-8-14/h6-7,9-10,13H,2-5,8,11-12H2,1H3,(H2,19,20,21,23). The lowest BCUT2D eigenvalue weighted by Gasteiger charge is -2.14. The number of carbonyl (C=O) groups is 1. The molecule has 23 heavy (non-hydrogen) atoms. The average Bonchev–Trinajstić information content (AvgIpc) is 2.56. The molecule has 1 aliphatic carbocycles. The Morgan fingerprint density at radius 3 is 2.96 bits per heavy atom. The van der Waals surface area contributed by atoms with Crippen molar-refractivity contribution in [3.05, 3.63) is 41.5 Å². The lowest BCUT2D eigenvalue weighted by Crippen LogP contribution is -2.39. The van der Waals surface area contributed by atoms with Gasteiger partial charge >= 0.3 is 0 Å². The predicted octanol–water partition coefficient (Wildman–Crippen LogP) is 3.58. The number of allylic oxidation sites excluding steroid dienone is 1. The van der Waals surface area contributed by atoms with Crippen LogP contribution >= 0.6 is 12.2 Å². The molecule has 0 aromatic heterocycles. The van der Waals surface area contributed by atoms with Gasteiger partial charge in [0, 0.05) is 12.1 Å². The molecule has 0 saturated carbocycles. The summed E-state index contributed by atoms with van der Waals surface area (Å²) in [6.45, 7) is 3.23. The third kappa shape index (κ3) is 6.02. The first-order chi connectivity index (χ1) is 11.2. The number of hydrogen-bond donors (Lipinski definition) is 2. The zero-order valence-corrected chi connectivity index (χ0v) is 14.4. The molecule has 124 valence electrons. The summed E-state index contributed by atoms with van der Waals surface area (Å²) in [5.41, 5.74) is 2.03. The van der Waals surface area contributed by atoms with Crippen molar-refractivity contribution in [1.82, 2.24) is 10.6 Å². The van der Waals surface area contributed by atoms with Gasteiger partial charge in [0.25, 0.3) is 5.91 Å². The monoisotopic (exact) mass is 332 g/mol. The summed E-state index contributed by atoms with van der Waals surface area (Å²) in [6.07, 6.45) is 8.26. The Morgan fingerprint density at radius 2 is 2.22 bits per heavy atom. The van der Waals surface area contributed by atoms with Gasteiger partial charge in [-0.25, -0.2) is 0 Å². The molecular weight excluding hydrogens is 308 g/mol. The van der Waals surface area contributed by atoms with E-state index in [9.17, 15) is 4.79 Å². The van der Waals surface area contributed by atoms with Gasteiger partial charge < -0.3 is 10.1 Å². The zero-order valence-electron chi connectivity index (χ0n) is 13.6. The highest BCUT2D eigenvalue weighted by Gasteiger charge is 2.09. The average molecular weight is 332 g/mol. The summed E-state index contributed by atoms with van der Waals surface area (Å²) in [4.78, 5) is 12.2. The first-order valence-corrected chi connectivity index (χ1v) is 8.60. The van der Waals surface area contributed by atoms with E-state index in [2.05, 4.69) is 16.7 Å². The van der Waals surface area contributed by atoms with E-state index < -0.39 is 0 Å². The molecule has 5 heteroatoms. The van der Waals surface area contributed by atoms with Crippen LogP contribution in [0, 0.1) is 0 Å². The molecule has 1 aromatic carbocycles. The van der Waals surface area contributed by atoms with E-state index >= 15 is 0 Å². The molecule has 1 aliphatic rings. The van der Waals surface area contributed by atoms with Gasteiger partial charge in [-0.05, 0) is 69.4 Å². The van der Waals surface area contributed by atoms with E-state index in [1.54, 1.807) is 18.2 Å². The molecule has 0 bridgehead atoms. The Balaban J connectivity index is 1.76. The van der Waals surface area contributed by atoms with E-state index in [-0.39, 0.29) is 5.91 Å². The largest absolute Gasteiger partial charge is 0.494 e. The van der Waals surface area contributed by atoms with Gasteiger partial charge in [-0.15, -0.1) is 0 Å². The normalized spacial score (nSPS) is 13.9. The fraction of sp³-hybridized carbons (Fsp3) is 0.444. The highest BCUT2D eigenvalue weighted by Crippen LogP contribution is 2.19. The molecule has 0 atom stereocenters. The Morgan fingerprint density at radius 1 is 1.35 bits per heavy atom. The van der Waals surface area contributed by atoms with E-state index in [4.69, 9.17) is 17.0 Å². The van der Waals surface area contributed by atoms with E-state index in [1.165, 1.54) is 31.3 Å². The molecular formula is C18H24N2O2S. The second-order valence-corrected chi connectivity index (χ2v) is 5.94. The van der Waals surface area contributed by atoms with Crippen LogP contribution in [0.4, 0.5) is 0 Å². The van der Waals surface area contributed by atoms with Gasteiger partial charge in [-0.3, -0.25) is 10.1 Å². The molecule has 1 aromatic rings. The van der Waals surface area contributed by atoms with Gasteiger partial charge in [0.1, 0.15) is 5.75 Å². The minimum Gasteiger partial charge on any atom is -0.494 e. The number of hydrogen-bond acceptors (Lipinski definition) is 3. The number of ether oxygens (including phenoxy) is 1. The van der Waals surface area contributed by atoms with Crippen molar-refractivity contribution < 1.29 is 9.53 Å². The van der Waals surface area contributed by atoms with Crippen molar-refractivity contribution in [2.45, 2.75) is 39.0 Å². The third-order valence-electron chi connectivity index (χ3n) is 3.75.